The van der Waals surface area contributed by atoms with Gasteiger partial charge in [-0.1, -0.05) is 6.92 Å². The maximum Gasteiger partial charge on any atom is 0.353 e. The number of thioether (sulfide) groups is 1. The van der Waals surface area contributed by atoms with Crippen molar-refractivity contribution in [3.8, 4) is 0 Å². The molecule has 8 nitrogen and oxygen atoms in total. The third-order valence-electron chi connectivity index (χ3n) is 5.43. The fraction of sp³-hybridized carbons (Fsp3) is 0.706. The molecule has 1 unspecified atom stereocenters. The average molecular weight is 383 g/mol. The van der Waals surface area contributed by atoms with Gasteiger partial charge in [-0.05, 0) is 13.3 Å². The predicted molar refractivity (Wildman–Crippen MR) is 96.1 cm³/mol. The van der Waals surface area contributed by atoms with Gasteiger partial charge in [0.1, 0.15) is 5.70 Å². The molecule has 3 N–H and O–H groups in total. The molecule has 0 bridgehead atoms. The fourth-order valence-electron chi connectivity index (χ4n) is 4.15. The molecule has 0 saturated carbocycles. The lowest BCUT2D eigenvalue weighted by Gasteiger charge is -2.46. The number of carboxylic acid groups (broad SMARTS) is 1. The van der Waals surface area contributed by atoms with Gasteiger partial charge in [0, 0.05) is 36.7 Å². The minimum Gasteiger partial charge on any atom is -0.477 e. The number of nitrogens with zero attached hydrogens (tertiary/aromatic N) is 2. The van der Waals surface area contributed by atoms with Gasteiger partial charge in [-0.3, -0.25) is 9.59 Å². The van der Waals surface area contributed by atoms with Crippen LogP contribution in [0.1, 0.15) is 20.3 Å². The van der Waals surface area contributed by atoms with Crippen molar-refractivity contribution in [2.45, 2.75) is 43.7 Å². The molecule has 26 heavy (non-hydrogen) atoms. The summed E-state index contributed by atoms with van der Waals surface area (Å²) in [5.74, 6) is -2.14. The first kappa shape index (κ1) is 19.2. The number of fused-ring (bicyclic) bond motifs is 1. The Morgan fingerprint density at radius 1 is 1.38 bits per heavy atom. The number of likely N-dealkylation sites (N-methyl/N-ethyl adjacent to an activating group) is 1. The predicted octanol–water partition coefficient (Wildman–Crippen LogP) is -0.308. The first-order valence-corrected chi connectivity index (χ1v) is 9.62. The van der Waals surface area contributed by atoms with Crippen LogP contribution in [0.25, 0.3) is 0 Å². The molecule has 2 fully saturated rings. The molecule has 0 aromatic rings. The Morgan fingerprint density at radius 3 is 2.58 bits per heavy atom. The van der Waals surface area contributed by atoms with Crippen LogP contribution >= 0.6 is 11.8 Å². The van der Waals surface area contributed by atoms with Crippen LogP contribution in [0.3, 0.4) is 0 Å². The van der Waals surface area contributed by atoms with Crippen LogP contribution in [0, 0.1) is 11.8 Å². The minimum atomic E-state index is -1.12. The van der Waals surface area contributed by atoms with Crippen molar-refractivity contribution >= 4 is 29.5 Å². The Labute approximate surface area is 156 Å². The molecule has 0 aliphatic carbocycles. The van der Waals surface area contributed by atoms with Crippen LogP contribution in [-0.4, -0.2) is 81.9 Å². The van der Waals surface area contributed by atoms with Gasteiger partial charge in [-0.2, -0.15) is 0 Å². The fourth-order valence-corrected chi connectivity index (χ4v) is 5.63. The summed E-state index contributed by atoms with van der Waals surface area (Å²) in [6.07, 6.45) is -0.190. The molecule has 9 heteroatoms. The van der Waals surface area contributed by atoms with Crippen molar-refractivity contribution in [2.24, 2.45) is 11.8 Å². The molecule has 3 rings (SSSR count). The second-order valence-corrected chi connectivity index (χ2v) is 8.78. The molecule has 144 valence electrons. The summed E-state index contributed by atoms with van der Waals surface area (Å²) in [6, 6.07) is -0.568. The van der Waals surface area contributed by atoms with Gasteiger partial charge in [0.05, 0.1) is 24.1 Å². The highest BCUT2D eigenvalue weighted by atomic mass is 32.2. The smallest absolute Gasteiger partial charge is 0.353 e. The number of amides is 2. The quantitative estimate of drug-likeness (QED) is 0.559. The summed E-state index contributed by atoms with van der Waals surface area (Å²) in [5, 5.41) is 22.8. The summed E-state index contributed by atoms with van der Waals surface area (Å²) in [7, 11) is 3.42. The maximum atomic E-state index is 12.3. The monoisotopic (exact) mass is 383 g/mol. The van der Waals surface area contributed by atoms with Gasteiger partial charge in [-0.25, -0.2) is 4.79 Å². The summed E-state index contributed by atoms with van der Waals surface area (Å²) in [4.78, 5) is 39.8. The van der Waals surface area contributed by atoms with E-state index in [1.165, 1.54) is 16.7 Å². The highest BCUT2D eigenvalue weighted by Crippen LogP contribution is 2.51. The van der Waals surface area contributed by atoms with E-state index in [0.29, 0.717) is 17.9 Å². The molecule has 0 aromatic carbocycles. The number of aliphatic carboxylic acids is 1. The number of rotatable bonds is 5. The first-order chi connectivity index (χ1) is 12.1. The van der Waals surface area contributed by atoms with Gasteiger partial charge in [-0.15, -0.1) is 11.8 Å². The van der Waals surface area contributed by atoms with Gasteiger partial charge < -0.3 is 25.3 Å². The number of aliphatic hydroxyl groups excluding tert-OH is 1. The molecular formula is C17H25N3O5S. The molecular weight excluding hydrogens is 358 g/mol. The van der Waals surface area contributed by atoms with E-state index >= 15 is 0 Å². The zero-order valence-electron chi connectivity index (χ0n) is 15.3. The van der Waals surface area contributed by atoms with Gasteiger partial charge in [0.25, 0.3) is 0 Å². The van der Waals surface area contributed by atoms with Gasteiger partial charge in [0.2, 0.25) is 11.8 Å². The topological polar surface area (TPSA) is 110 Å². The number of carboxylic acids is 1. The standard InChI is InChI=1S/C17H25N3O5S/c1-7-12-11(8(2)21)16(23)20(12)13(17(24)25)14(7)26-9-5-10(18-6-9)15(22)19(3)4/h7-12,18,21H,5-6H2,1-4H3,(H,24,25)/t7-,8-,9+,10+,11?,12-/m1/s1. The van der Waals surface area contributed by atoms with E-state index in [4.69, 9.17) is 0 Å². The number of aliphatic hydroxyl groups is 1. The van der Waals surface area contributed by atoms with Crippen molar-refractivity contribution in [2.75, 3.05) is 20.6 Å². The summed E-state index contributed by atoms with van der Waals surface area (Å²) >= 11 is 1.45. The second-order valence-electron chi connectivity index (χ2n) is 7.44. The van der Waals surface area contributed by atoms with E-state index in [1.54, 1.807) is 25.9 Å². The van der Waals surface area contributed by atoms with Crippen molar-refractivity contribution < 1.29 is 24.6 Å². The number of β-lactam (4-membered cyclic amide) rings is 1. The number of carbonyl (C=O) groups is 3. The van der Waals surface area contributed by atoms with Crippen LogP contribution in [0.15, 0.2) is 10.6 Å². The number of nitrogens with one attached hydrogen (secondary N) is 1. The Balaban J connectivity index is 1.78. The SMILES string of the molecule is C[C@@H](O)C1C(=O)N2C(C(=O)O)=C(S[C@@H]3CN[C@H](C(=O)N(C)C)C3)[C@H](C)[C@H]12. The number of hydrogen-bond acceptors (Lipinski definition) is 6. The average Bonchev–Trinajstić information content (AvgIpc) is 3.09. The summed E-state index contributed by atoms with van der Waals surface area (Å²) < 4.78 is 0. The Morgan fingerprint density at radius 2 is 2.04 bits per heavy atom. The van der Waals surface area contributed by atoms with Crippen LogP contribution in [0.2, 0.25) is 0 Å². The molecule has 2 saturated heterocycles. The van der Waals surface area contributed by atoms with E-state index < -0.39 is 18.0 Å². The van der Waals surface area contributed by atoms with Crippen LogP contribution in [-0.2, 0) is 14.4 Å². The molecule has 0 radical (unpaired) electrons. The third kappa shape index (κ3) is 2.91. The van der Waals surface area contributed by atoms with E-state index in [2.05, 4.69) is 5.32 Å². The first-order valence-electron chi connectivity index (χ1n) is 8.75. The van der Waals surface area contributed by atoms with Crippen LogP contribution in [0.5, 0.6) is 0 Å². The molecule has 3 aliphatic rings. The Kier molecular flexibility index (Phi) is 5.06. The van der Waals surface area contributed by atoms with E-state index in [-0.39, 0.29) is 40.8 Å². The van der Waals surface area contributed by atoms with Gasteiger partial charge >= 0.3 is 5.97 Å². The largest absolute Gasteiger partial charge is 0.477 e. The van der Waals surface area contributed by atoms with Crippen molar-refractivity contribution in [3.05, 3.63) is 10.6 Å². The number of carbonyl (C=O) groups excluding carboxylic acids is 2. The molecule has 3 aliphatic heterocycles. The highest BCUT2D eigenvalue weighted by Gasteiger charge is 2.60. The van der Waals surface area contributed by atoms with E-state index in [9.17, 15) is 24.6 Å². The van der Waals surface area contributed by atoms with Crippen molar-refractivity contribution in [3.63, 3.8) is 0 Å². The molecule has 2 amide bonds. The van der Waals surface area contributed by atoms with E-state index in [1.807, 2.05) is 6.92 Å². The van der Waals surface area contributed by atoms with Crippen LogP contribution < -0.4 is 5.32 Å². The molecule has 0 aromatic heterocycles. The Hall–Kier alpha value is -1.58. The molecule has 0 spiro atoms. The normalized spacial score (nSPS) is 34.6. The highest BCUT2D eigenvalue weighted by molar-refractivity contribution is 8.03. The van der Waals surface area contributed by atoms with Crippen molar-refractivity contribution in [1.29, 1.82) is 0 Å². The zero-order valence-corrected chi connectivity index (χ0v) is 16.1. The summed E-state index contributed by atoms with van der Waals surface area (Å²) in [5.41, 5.74) is 0.0387. The van der Waals surface area contributed by atoms with Crippen molar-refractivity contribution in [1.82, 2.24) is 15.1 Å². The Bertz CT molecular complexity index is 677. The van der Waals surface area contributed by atoms with Gasteiger partial charge in [0.15, 0.2) is 0 Å². The minimum absolute atomic E-state index is 0.00757. The molecule has 6 atom stereocenters. The lowest BCUT2D eigenvalue weighted by molar-refractivity contribution is -0.163. The zero-order chi connectivity index (χ0) is 19.3. The third-order valence-corrected chi connectivity index (χ3v) is 6.95. The second kappa shape index (κ2) is 6.86. The summed E-state index contributed by atoms with van der Waals surface area (Å²) in [6.45, 7) is 4.08. The molecule has 3 heterocycles. The van der Waals surface area contributed by atoms with Crippen LogP contribution in [0.4, 0.5) is 0 Å². The lowest BCUT2D eigenvalue weighted by atomic mass is 9.79. The van der Waals surface area contributed by atoms with E-state index in [0.717, 1.165) is 0 Å². The number of hydrogen-bond donors (Lipinski definition) is 3. The maximum absolute atomic E-state index is 12.3. The lowest BCUT2D eigenvalue weighted by Crippen LogP contribution is -2.63.